The van der Waals surface area contributed by atoms with Crippen LogP contribution in [0.2, 0.25) is 10.0 Å². The predicted octanol–water partition coefficient (Wildman–Crippen LogP) is 4.27. The largest absolute Gasteiger partial charge is 0.490 e. The summed E-state index contributed by atoms with van der Waals surface area (Å²) in [6.45, 7) is 3.39. The molecule has 2 aromatic rings. The zero-order valence-corrected chi connectivity index (χ0v) is 16.0. The lowest BCUT2D eigenvalue weighted by Gasteiger charge is -2.32. The number of piperidine rings is 1. The van der Waals surface area contributed by atoms with Gasteiger partial charge in [0.25, 0.3) is 5.91 Å². The standard InChI is InChI=1S/C20H22Cl2N2O2/c21-18-7-6-17(14-19(18)22)26-16-8-11-24(12-9-16)13-10-23-20(25)15-4-2-1-3-5-15/h1-7,14,16H,8-13H2,(H,23,25). The van der Waals surface area contributed by atoms with Gasteiger partial charge in [0.15, 0.2) is 0 Å². The first kappa shape index (κ1) is 19.0. The minimum atomic E-state index is -0.0246. The van der Waals surface area contributed by atoms with Crippen molar-refractivity contribution in [2.24, 2.45) is 0 Å². The third-order valence-corrected chi connectivity index (χ3v) is 5.22. The average Bonchev–Trinajstić information content (AvgIpc) is 2.67. The number of amides is 1. The van der Waals surface area contributed by atoms with Gasteiger partial charge in [-0.3, -0.25) is 4.79 Å². The van der Waals surface area contributed by atoms with Crippen LogP contribution < -0.4 is 10.1 Å². The Morgan fingerprint density at radius 3 is 2.50 bits per heavy atom. The summed E-state index contributed by atoms with van der Waals surface area (Å²) in [4.78, 5) is 14.4. The molecular weight excluding hydrogens is 371 g/mol. The van der Waals surface area contributed by atoms with Crippen molar-refractivity contribution in [3.63, 3.8) is 0 Å². The Morgan fingerprint density at radius 1 is 1.08 bits per heavy atom. The van der Waals surface area contributed by atoms with Crippen LogP contribution in [0.5, 0.6) is 5.75 Å². The Labute approximate surface area is 164 Å². The maximum absolute atomic E-state index is 12.0. The van der Waals surface area contributed by atoms with Crippen LogP contribution in [0.3, 0.4) is 0 Å². The molecule has 0 atom stereocenters. The Hall–Kier alpha value is -1.75. The molecule has 1 heterocycles. The summed E-state index contributed by atoms with van der Waals surface area (Å²) in [5, 5.41) is 4.01. The molecular formula is C20H22Cl2N2O2. The number of halogens is 2. The van der Waals surface area contributed by atoms with E-state index in [4.69, 9.17) is 27.9 Å². The number of rotatable bonds is 6. The molecule has 0 radical (unpaired) electrons. The van der Waals surface area contributed by atoms with Crippen molar-refractivity contribution in [3.8, 4) is 5.75 Å². The van der Waals surface area contributed by atoms with E-state index in [2.05, 4.69) is 10.2 Å². The molecule has 0 spiro atoms. The van der Waals surface area contributed by atoms with E-state index in [9.17, 15) is 4.79 Å². The van der Waals surface area contributed by atoms with E-state index in [0.717, 1.165) is 38.2 Å². The average molecular weight is 393 g/mol. The molecule has 1 fully saturated rings. The molecule has 26 heavy (non-hydrogen) atoms. The lowest BCUT2D eigenvalue weighted by atomic mass is 10.1. The molecule has 6 heteroatoms. The minimum Gasteiger partial charge on any atom is -0.490 e. The fraction of sp³-hybridized carbons (Fsp3) is 0.350. The highest BCUT2D eigenvalue weighted by atomic mass is 35.5. The second-order valence-electron chi connectivity index (χ2n) is 6.36. The summed E-state index contributed by atoms with van der Waals surface area (Å²) in [6.07, 6.45) is 2.09. The summed E-state index contributed by atoms with van der Waals surface area (Å²) in [6, 6.07) is 14.6. The number of carbonyl (C=O) groups excluding carboxylic acids is 1. The maximum atomic E-state index is 12.0. The molecule has 1 aliphatic heterocycles. The molecule has 0 aliphatic carbocycles. The van der Waals surface area contributed by atoms with Gasteiger partial charge in [-0.05, 0) is 37.1 Å². The molecule has 0 aromatic heterocycles. The summed E-state index contributed by atoms with van der Waals surface area (Å²) in [5.41, 5.74) is 0.696. The van der Waals surface area contributed by atoms with Crippen molar-refractivity contribution in [1.29, 1.82) is 0 Å². The molecule has 2 aromatic carbocycles. The zero-order valence-electron chi connectivity index (χ0n) is 14.5. The van der Waals surface area contributed by atoms with Gasteiger partial charge < -0.3 is 15.0 Å². The van der Waals surface area contributed by atoms with Crippen LogP contribution in [0.1, 0.15) is 23.2 Å². The van der Waals surface area contributed by atoms with Gasteiger partial charge in [0, 0.05) is 37.8 Å². The topological polar surface area (TPSA) is 41.6 Å². The lowest BCUT2D eigenvalue weighted by molar-refractivity contribution is 0.0905. The van der Waals surface area contributed by atoms with E-state index < -0.39 is 0 Å². The van der Waals surface area contributed by atoms with E-state index in [-0.39, 0.29) is 12.0 Å². The van der Waals surface area contributed by atoms with Gasteiger partial charge in [-0.1, -0.05) is 41.4 Å². The molecule has 1 amide bonds. The summed E-state index contributed by atoms with van der Waals surface area (Å²) in [5.74, 6) is 0.733. The van der Waals surface area contributed by atoms with Gasteiger partial charge in [0.05, 0.1) is 10.0 Å². The molecule has 4 nitrogen and oxygen atoms in total. The molecule has 0 saturated carbocycles. The minimum absolute atomic E-state index is 0.0246. The van der Waals surface area contributed by atoms with Crippen molar-refractivity contribution in [1.82, 2.24) is 10.2 Å². The van der Waals surface area contributed by atoms with Crippen molar-refractivity contribution in [2.75, 3.05) is 26.2 Å². The van der Waals surface area contributed by atoms with Gasteiger partial charge in [0.2, 0.25) is 0 Å². The second kappa shape index (κ2) is 9.26. The fourth-order valence-corrected chi connectivity index (χ4v) is 3.30. The number of benzene rings is 2. The Kier molecular flexibility index (Phi) is 6.78. The maximum Gasteiger partial charge on any atom is 0.251 e. The normalized spacial score (nSPS) is 15.6. The summed E-state index contributed by atoms with van der Waals surface area (Å²) in [7, 11) is 0. The van der Waals surface area contributed by atoms with E-state index in [1.807, 2.05) is 36.4 Å². The van der Waals surface area contributed by atoms with Crippen LogP contribution >= 0.6 is 23.2 Å². The molecule has 3 rings (SSSR count). The Bertz CT molecular complexity index is 732. The van der Waals surface area contributed by atoms with Crippen molar-refractivity contribution in [2.45, 2.75) is 18.9 Å². The molecule has 1 saturated heterocycles. The number of nitrogens with one attached hydrogen (secondary N) is 1. The van der Waals surface area contributed by atoms with Gasteiger partial charge in [-0.15, -0.1) is 0 Å². The number of hydrogen-bond donors (Lipinski definition) is 1. The molecule has 0 unspecified atom stereocenters. The highest BCUT2D eigenvalue weighted by molar-refractivity contribution is 6.42. The van der Waals surface area contributed by atoms with Crippen molar-refractivity contribution >= 4 is 29.1 Å². The number of ether oxygens (including phenoxy) is 1. The summed E-state index contributed by atoms with van der Waals surface area (Å²) < 4.78 is 6.00. The van der Waals surface area contributed by atoms with Crippen LogP contribution in [-0.4, -0.2) is 43.1 Å². The SMILES string of the molecule is O=C(NCCN1CCC(Oc2ccc(Cl)c(Cl)c2)CC1)c1ccccc1. The highest BCUT2D eigenvalue weighted by Gasteiger charge is 2.20. The number of hydrogen-bond acceptors (Lipinski definition) is 3. The van der Waals surface area contributed by atoms with Crippen molar-refractivity contribution in [3.05, 3.63) is 64.1 Å². The quantitative estimate of drug-likeness (QED) is 0.797. The van der Waals surface area contributed by atoms with E-state index in [0.29, 0.717) is 22.2 Å². The van der Waals surface area contributed by atoms with Crippen LogP contribution in [0, 0.1) is 0 Å². The Morgan fingerprint density at radius 2 is 1.81 bits per heavy atom. The summed E-state index contributed by atoms with van der Waals surface area (Å²) >= 11 is 12.0. The third kappa shape index (κ3) is 5.37. The number of nitrogens with zero attached hydrogens (tertiary/aromatic N) is 1. The van der Waals surface area contributed by atoms with Crippen molar-refractivity contribution < 1.29 is 9.53 Å². The van der Waals surface area contributed by atoms with Crippen LogP contribution in [0.15, 0.2) is 48.5 Å². The first-order chi connectivity index (χ1) is 12.6. The Balaban J connectivity index is 1.37. The fourth-order valence-electron chi connectivity index (χ4n) is 3.01. The van der Waals surface area contributed by atoms with Gasteiger partial charge >= 0.3 is 0 Å². The van der Waals surface area contributed by atoms with Crippen LogP contribution in [0.25, 0.3) is 0 Å². The smallest absolute Gasteiger partial charge is 0.251 e. The molecule has 1 N–H and O–H groups in total. The number of carbonyl (C=O) groups is 1. The van der Waals surface area contributed by atoms with E-state index in [1.165, 1.54) is 0 Å². The first-order valence-electron chi connectivity index (χ1n) is 8.79. The van der Waals surface area contributed by atoms with Crippen LogP contribution in [0.4, 0.5) is 0 Å². The number of likely N-dealkylation sites (tertiary alicyclic amines) is 1. The monoisotopic (exact) mass is 392 g/mol. The molecule has 1 aliphatic rings. The second-order valence-corrected chi connectivity index (χ2v) is 7.17. The van der Waals surface area contributed by atoms with Crippen LogP contribution in [-0.2, 0) is 0 Å². The van der Waals surface area contributed by atoms with E-state index in [1.54, 1.807) is 12.1 Å². The first-order valence-corrected chi connectivity index (χ1v) is 9.55. The van der Waals surface area contributed by atoms with E-state index >= 15 is 0 Å². The highest BCUT2D eigenvalue weighted by Crippen LogP contribution is 2.28. The van der Waals surface area contributed by atoms with Gasteiger partial charge in [0.1, 0.15) is 11.9 Å². The predicted molar refractivity (Wildman–Crippen MR) is 105 cm³/mol. The molecule has 0 bridgehead atoms. The lowest BCUT2D eigenvalue weighted by Crippen LogP contribution is -2.42. The molecule has 138 valence electrons. The zero-order chi connectivity index (χ0) is 18.4. The van der Waals surface area contributed by atoms with Gasteiger partial charge in [-0.25, -0.2) is 0 Å². The third-order valence-electron chi connectivity index (χ3n) is 4.48. The van der Waals surface area contributed by atoms with Gasteiger partial charge in [-0.2, -0.15) is 0 Å².